The van der Waals surface area contributed by atoms with Crippen LogP contribution in [0, 0.1) is 0 Å². The summed E-state index contributed by atoms with van der Waals surface area (Å²) >= 11 is 9.41. The first-order chi connectivity index (χ1) is 9.20. The molecular weight excluding hydrogens is 324 g/mol. The largest absolute Gasteiger partial charge is 0.353 e. The average Bonchev–Trinajstić information content (AvgIpc) is 2.42. The second kappa shape index (κ2) is 5.35. The van der Waals surface area contributed by atoms with Crippen molar-refractivity contribution in [3.8, 4) is 0 Å². The van der Waals surface area contributed by atoms with Gasteiger partial charge in [0.2, 0.25) is 0 Å². The van der Waals surface area contributed by atoms with Gasteiger partial charge in [0.1, 0.15) is 6.67 Å². The highest BCUT2D eigenvalue weighted by molar-refractivity contribution is 9.10. The second-order valence-electron chi connectivity index (χ2n) is 4.51. The number of hydrogen-bond acceptors (Lipinski definition) is 2. The molecular formula is C15H12BrClN2. The lowest BCUT2D eigenvalue weighted by molar-refractivity contribution is 0.407. The molecule has 2 aromatic carbocycles. The lowest BCUT2D eigenvalue weighted by Gasteiger charge is -2.20. The summed E-state index contributed by atoms with van der Waals surface area (Å²) in [6, 6.07) is 14.2. The van der Waals surface area contributed by atoms with Crippen LogP contribution in [0.2, 0.25) is 5.02 Å². The Labute approximate surface area is 125 Å². The van der Waals surface area contributed by atoms with Crippen LogP contribution in [0.25, 0.3) is 6.20 Å². The molecule has 0 bridgehead atoms. The minimum absolute atomic E-state index is 0.670. The highest BCUT2D eigenvalue weighted by atomic mass is 79.9. The lowest BCUT2D eigenvalue weighted by Crippen LogP contribution is -2.35. The molecule has 2 aromatic rings. The number of benzene rings is 2. The summed E-state index contributed by atoms with van der Waals surface area (Å²) in [5, 5.41) is 2.82. The highest BCUT2D eigenvalue weighted by Crippen LogP contribution is 2.12. The maximum absolute atomic E-state index is 5.97. The second-order valence-corrected chi connectivity index (χ2v) is 5.86. The first-order valence-corrected chi connectivity index (χ1v) is 7.18. The Balaban J connectivity index is 1.85. The maximum atomic E-state index is 5.97. The normalized spacial score (nSPS) is 13.5. The van der Waals surface area contributed by atoms with Gasteiger partial charge in [-0.1, -0.05) is 39.7 Å². The van der Waals surface area contributed by atoms with E-state index in [0.717, 1.165) is 26.6 Å². The van der Waals surface area contributed by atoms with Crippen LogP contribution >= 0.6 is 27.5 Å². The number of hydrogen-bond donors (Lipinski definition) is 0. The van der Waals surface area contributed by atoms with Crippen molar-refractivity contribution in [3.05, 3.63) is 68.1 Å². The van der Waals surface area contributed by atoms with E-state index in [1.54, 1.807) is 0 Å². The Kier molecular flexibility index (Phi) is 3.58. The molecule has 0 saturated carbocycles. The van der Waals surface area contributed by atoms with Gasteiger partial charge in [-0.25, -0.2) is 0 Å². The molecule has 3 rings (SSSR count). The standard InChI is InChI=1S/C15H12BrClN2/c16-13-4-1-11(2-5-13)8-19-9-12-3-6-14(17)7-15(12)18-10-19/h1-7,9H,8,10H2. The number of fused-ring (bicyclic) bond motifs is 1. The zero-order valence-electron chi connectivity index (χ0n) is 10.2. The first-order valence-electron chi connectivity index (χ1n) is 6.01. The van der Waals surface area contributed by atoms with Crippen LogP contribution in [-0.4, -0.2) is 11.6 Å². The molecule has 0 N–H and O–H groups in total. The van der Waals surface area contributed by atoms with Gasteiger partial charge in [0, 0.05) is 27.5 Å². The van der Waals surface area contributed by atoms with Gasteiger partial charge in [-0.15, -0.1) is 0 Å². The fourth-order valence-corrected chi connectivity index (χ4v) is 2.52. The summed E-state index contributed by atoms with van der Waals surface area (Å²) in [6.45, 7) is 1.53. The molecule has 1 aliphatic heterocycles. The van der Waals surface area contributed by atoms with Gasteiger partial charge >= 0.3 is 0 Å². The van der Waals surface area contributed by atoms with Crippen LogP contribution in [0.15, 0.2) is 51.9 Å². The van der Waals surface area contributed by atoms with E-state index in [1.165, 1.54) is 5.56 Å². The van der Waals surface area contributed by atoms with E-state index in [-0.39, 0.29) is 0 Å². The van der Waals surface area contributed by atoms with Crippen molar-refractivity contribution in [2.75, 3.05) is 6.67 Å². The summed E-state index contributed by atoms with van der Waals surface area (Å²) < 4.78 is 1.10. The van der Waals surface area contributed by atoms with Crippen LogP contribution in [-0.2, 0) is 6.54 Å². The van der Waals surface area contributed by atoms with Crippen LogP contribution in [0.1, 0.15) is 5.56 Å². The molecule has 2 nitrogen and oxygen atoms in total. The maximum Gasteiger partial charge on any atom is 0.110 e. The predicted octanol–water partition coefficient (Wildman–Crippen LogP) is 2.93. The van der Waals surface area contributed by atoms with Crippen molar-refractivity contribution in [1.82, 2.24) is 4.90 Å². The zero-order chi connectivity index (χ0) is 13.2. The van der Waals surface area contributed by atoms with Crippen molar-refractivity contribution in [3.63, 3.8) is 0 Å². The van der Waals surface area contributed by atoms with Crippen LogP contribution < -0.4 is 10.6 Å². The summed E-state index contributed by atoms with van der Waals surface area (Å²) in [5.74, 6) is 0. The SMILES string of the molecule is Clc1ccc2c(c1)=NCN(Cc1ccc(Br)cc1)C=2. The predicted molar refractivity (Wildman–Crippen MR) is 81.3 cm³/mol. The van der Waals surface area contributed by atoms with E-state index in [4.69, 9.17) is 11.6 Å². The van der Waals surface area contributed by atoms with Crippen molar-refractivity contribution in [2.45, 2.75) is 6.54 Å². The van der Waals surface area contributed by atoms with Crippen molar-refractivity contribution in [2.24, 2.45) is 4.99 Å². The van der Waals surface area contributed by atoms with Gasteiger partial charge in [-0.2, -0.15) is 0 Å². The number of rotatable bonds is 2. The van der Waals surface area contributed by atoms with Crippen molar-refractivity contribution < 1.29 is 0 Å². The monoisotopic (exact) mass is 334 g/mol. The van der Waals surface area contributed by atoms with Gasteiger partial charge in [0.15, 0.2) is 0 Å². The topological polar surface area (TPSA) is 15.6 Å². The minimum Gasteiger partial charge on any atom is -0.353 e. The molecule has 0 amide bonds. The summed E-state index contributed by atoms with van der Waals surface area (Å²) in [6.07, 6.45) is 2.14. The van der Waals surface area contributed by atoms with E-state index in [1.807, 2.05) is 18.2 Å². The van der Waals surface area contributed by atoms with E-state index in [2.05, 4.69) is 56.3 Å². The average molecular weight is 336 g/mol. The van der Waals surface area contributed by atoms with Crippen LogP contribution in [0.3, 0.4) is 0 Å². The zero-order valence-corrected chi connectivity index (χ0v) is 12.5. The first kappa shape index (κ1) is 12.7. The van der Waals surface area contributed by atoms with Crippen LogP contribution in [0.4, 0.5) is 0 Å². The summed E-state index contributed by atoms with van der Waals surface area (Å²) in [4.78, 5) is 6.74. The van der Waals surface area contributed by atoms with Crippen LogP contribution in [0.5, 0.6) is 0 Å². The molecule has 0 aromatic heterocycles. The molecule has 4 heteroatoms. The Morgan fingerprint density at radius 2 is 1.95 bits per heavy atom. The highest BCUT2D eigenvalue weighted by Gasteiger charge is 2.05. The molecule has 96 valence electrons. The van der Waals surface area contributed by atoms with E-state index < -0.39 is 0 Å². The quantitative estimate of drug-likeness (QED) is 0.824. The van der Waals surface area contributed by atoms with E-state index in [9.17, 15) is 0 Å². The van der Waals surface area contributed by atoms with Crippen molar-refractivity contribution in [1.29, 1.82) is 0 Å². The van der Waals surface area contributed by atoms with Gasteiger partial charge in [-0.05, 0) is 35.9 Å². The van der Waals surface area contributed by atoms with Gasteiger partial charge < -0.3 is 4.90 Å². The third-order valence-corrected chi connectivity index (χ3v) is 3.80. The fourth-order valence-electron chi connectivity index (χ4n) is 2.09. The Hall–Kier alpha value is -1.32. The van der Waals surface area contributed by atoms with Crippen molar-refractivity contribution >= 4 is 33.7 Å². The van der Waals surface area contributed by atoms with E-state index in [0.29, 0.717) is 6.67 Å². The molecule has 0 unspecified atom stereocenters. The Bertz CT molecular complexity index is 710. The van der Waals surface area contributed by atoms with Gasteiger partial charge in [0.05, 0.1) is 5.36 Å². The molecule has 0 atom stereocenters. The fraction of sp³-hybridized carbons (Fsp3) is 0.133. The Morgan fingerprint density at radius 1 is 1.16 bits per heavy atom. The van der Waals surface area contributed by atoms with E-state index >= 15 is 0 Å². The smallest absolute Gasteiger partial charge is 0.110 e. The van der Waals surface area contributed by atoms with Gasteiger partial charge in [0.25, 0.3) is 0 Å². The summed E-state index contributed by atoms with van der Waals surface area (Å²) in [7, 11) is 0. The summed E-state index contributed by atoms with van der Waals surface area (Å²) in [5.41, 5.74) is 1.27. The lowest BCUT2D eigenvalue weighted by atomic mass is 10.2. The Morgan fingerprint density at radius 3 is 2.74 bits per heavy atom. The minimum atomic E-state index is 0.670. The molecule has 0 saturated heterocycles. The van der Waals surface area contributed by atoms with Gasteiger partial charge in [-0.3, -0.25) is 4.99 Å². The molecule has 0 radical (unpaired) electrons. The third kappa shape index (κ3) is 2.99. The number of halogens is 2. The molecule has 0 spiro atoms. The molecule has 0 aliphatic carbocycles. The third-order valence-electron chi connectivity index (χ3n) is 3.04. The molecule has 19 heavy (non-hydrogen) atoms. The molecule has 0 fully saturated rings. The molecule has 1 heterocycles. The number of nitrogens with zero attached hydrogens (tertiary/aromatic N) is 2. The molecule has 1 aliphatic rings.